The van der Waals surface area contributed by atoms with Gasteiger partial charge < -0.3 is 5.73 Å². The molecular weight excluding hydrogens is 228 g/mol. The van der Waals surface area contributed by atoms with Crippen LogP contribution in [-0.2, 0) is 12.8 Å². The number of nitrogen functional groups attached to an aromatic ring is 1. The molecular formula is C14H26N2S. The zero-order chi connectivity index (χ0) is 12.5. The summed E-state index contributed by atoms with van der Waals surface area (Å²) in [6.45, 7) is 4.39. The molecule has 98 valence electrons. The normalized spacial score (nSPS) is 10.9. The van der Waals surface area contributed by atoms with Crippen LogP contribution in [0.1, 0.15) is 69.5 Å². The number of hydrogen-bond donors (Lipinski definition) is 1. The smallest absolute Gasteiger partial charge is 0.109 e. The number of aromatic nitrogens is 1. The van der Waals surface area contributed by atoms with E-state index < -0.39 is 0 Å². The van der Waals surface area contributed by atoms with E-state index in [2.05, 4.69) is 18.8 Å². The van der Waals surface area contributed by atoms with Gasteiger partial charge in [0.15, 0.2) is 0 Å². The molecule has 1 rings (SSSR count). The molecule has 0 bridgehead atoms. The zero-order valence-corrected chi connectivity index (χ0v) is 12.1. The molecule has 0 aromatic carbocycles. The molecule has 0 saturated heterocycles. The lowest BCUT2D eigenvalue weighted by Gasteiger charge is -2.00. The summed E-state index contributed by atoms with van der Waals surface area (Å²) in [5, 5.41) is 2.12. The first kappa shape index (κ1) is 14.5. The summed E-state index contributed by atoms with van der Waals surface area (Å²) in [7, 11) is 0. The molecule has 3 heteroatoms. The van der Waals surface area contributed by atoms with E-state index in [0.717, 1.165) is 23.5 Å². The minimum absolute atomic E-state index is 0.938. The average molecular weight is 254 g/mol. The Balaban J connectivity index is 2.11. The van der Waals surface area contributed by atoms with Crippen LogP contribution < -0.4 is 5.73 Å². The van der Waals surface area contributed by atoms with Crippen molar-refractivity contribution in [1.82, 2.24) is 4.98 Å². The van der Waals surface area contributed by atoms with E-state index in [1.807, 2.05) is 0 Å². The van der Waals surface area contributed by atoms with Gasteiger partial charge in [0.2, 0.25) is 0 Å². The minimum Gasteiger partial charge on any atom is -0.389 e. The second kappa shape index (κ2) is 8.51. The van der Waals surface area contributed by atoms with Crippen molar-refractivity contribution in [2.75, 3.05) is 5.73 Å². The van der Waals surface area contributed by atoms with Gasteiger partial charge in [0, 0.05) is 0 Å². The zero-order valence-electron chi connectivity index (χ0n) is 11.3. The van der Waals surface area contributed by atoms with Crippen LogP contribution in [0.5, 0.6) is 0 Å². The first-order valence-corrected chi connectivity index (χ1v) is 7.83. The van der Waals surface area contributed by atoms with Crippen molar-refractivity contribution in [3.05, 3.63) is 10.7 Å². The van der Waals surface area contributed by atoms with Gasteiger partial charge in [-0.2, -0.15) is 0 Å². The van der Waals surface area contributed by atoms with Gasteiger partial charge in [-0.05, 0) is 19.3 Å². The molecule has 0 spiro atoms. The quantitative estimate of drug-likeness (QED) is 0.655. The lowest BCUT2D eigenvalue weighted by atomic mass is 10.1. The van der Waals surface area contributed by atoms with Crippen molar-refractivity contribution in [3.63, 3.8) is 0 Å². The maximum absolute atomic E-state index is 5.95. The Kier molecular flexibility index (Phi) is 7.25. The Labute approximate surface area is 110 Å². The van der Waals surface area contributed by atoms with Crippen LogP contribution in [0, 0.1) is 0 Å². The Morgan fingerprint density at radius 2 is 1.65 bits per heavy atom. The van der Waals surface area contributed by atoms with Crippen molar-refractivity contribution in [2.24, 2.45) is 0 Å². The summed E-state index contributed by atoms with van der Waals surface area (Å²) in [4.78, 5) is 4.57. The van der Waals surface area contributed by atoms with E-state index >= 15 is 0 Å². The van der Waals surface area contributed by atoms with Crippen molar-refractivity contribution in [2.45, 2.75) is 71.6 Å². The SMILES string of the molecule is CCCCCCCCCc1nc(CC)sc1N. The number of thiazole rings is 1. The fraction of sp³-hybridized carbons (Fsp3) is 0.786. The van der Waals surface area contributed by atoms with Gasteiger partial charge in [0.1, 0.15) is 5.00 Å². The van der Waals surface area contributed by atoms with E-state index in [-0.39, 0.29) is 0 Å². The van der Waals surface area contributed by atoms with Crippen LogP contribution >= 0.6 is 11.3 Å². The van der Waals surface area contributed by atoms with Gasteiger partial charge in [-0.3, -0.25) is 0 Å². The molecule has 0 atom stereocenters. The lowest BCUT2D eigenvalue weighted by molar-refractivity contribution is 0.588. The molecule has 0 unspecified atom stereocenters. The summed E-state index contributed by atoms with van der Waals surface area (Å²) in [6, 6.07) is 0. The van der Waals surface area contributed by atoms with Crippen LogP contribution in [-0.4, -0.2) is 4.98 Å². The molecule has 1 aromatic heterocycles. The number of anilines is 1. The third-order valence-corrected chi connectivity index (χ3v) is 4.16. The minimum atomic E-state index is 0.938. The van der Waals surface area contributed by atoms with Crippen molar-refractivity contribution < 1.29 is 0 Å². The monoisotopic (exact) mass is 254 g/mol. The van der Waals surface area contributed by atoms with Crippen LogP contribution in [0.3, 0.4) is 0 Å². The van der Waals surface area contributed by atoms with E-state index in [0.29, 0.717) is 0 Å². The molecule has 17 heavy (non-hydrogen) atoms. The number of unbranched alkanes of at least 4 members (excludes halogenated alkanes) is 6. The number of aryl methyl sites for hydroxylation is 2. The van der Waals surface area contributed by atoms with Gasteiger partial charge in [0.05, 0.1) is 10.7 Å². The van der Waals surface area contributed by atoms with E-state index in [4.69, 9.17) is 5.73 Å². The number of nitrogens with zero attached hydrogens (tertiary/aromatic N) is 1. The van der Waals surface area contributed by atoms with Gasteiger partial charge in [-0.1, -0.05) is 52.4 Å². The molecule has 0 amide bonds. The molecule has 0 fully saturated rings. The lowest BCUT2D eigenvalue weighted by Crippen LogP contribution is -1.92. The Morgan fingerprint density at radius 3 is 2.24 bits per heavy atom. The predicted molar refractivity (Wildman–Crippen MR) is 77.6 cm³/mol. The van der Waals surface area contributed by atoms with E-state index in [1.165, 1.54) is 50.0 Å². The van der Waals surface area contributed by atoms with Crippen molar-refractivity contribution in [1.29, 1.82) is 0 Å². The summed E-state index contributed by atoms with van der Waals surface area (Å²) in [6.07, 6.45) is 11.5. The molecule has 1 heterocycles. The van der Waals surface area contributed by atoms with Crippen LogP contribution in [0.2, 0.25) is 0 Å². The van der Waals surface area contributed by atoms with Gasteiger partial charge in [-0.15, -0.1) is 11.3 Å². The first-order valence-electron chi connectivity index (χ1n) is 7.02. The second-order valence-corrected chi connectivity index (χ2v) is 5.76. The summed E-state index contributed by atoms with van der Waals surface area (Å²) >= 11 is 1.66. The molecule has 0 aliphatic carbocycles. The highest BCUT2D eigenvalue weighted by Crippen LogP contribution is 2.23. The molecule has 0 saturated carbocycles. The van der Waals surface area contributed by atoms with Crippen LogP contribution in [0.15, 0.2) is 0 Å². The van der Waals surface area contributed by atoms with Crippen LogP contribution in [0.4, 0.5) is 5.00 Å². The summed E-state index contributed by atoms with van der Waals surface area (Å²) in [5.74, 6) is 0. The highest BCUT2D eigenvalue weighted by molar-refractivity contribution is 7.15. The van der Waals surface area contributed by atoms with E-state index in [9.17, 15) is 0 Å². The Bertz CT molecular complexity index is 307. The Hall–Kier alpha value is -0.570. The maximum atomic E-state index is 5.95. The number of nitrogens with two attached hydrogens (primary N) is 1. The number of hydrogen-bond acceptors (Lipinski definition) is 3. The fourth-order valence-electron chi connectivity index (χ4n) is 1.99. The van der Waals surface area contributed by atoms with Gasteiger partial charge in [-0.25, -0.2) is 4.98 Å². The molecule has 1 aromatic rings. The first-order chi connectivity index (χ1) is 8.27. The van der Waals surface area contributed by atoms with Crippen molar-refractivity contribution in [3.8, 4) is 0 Å². The standard InChI is InChI=1S/C14H26N2S/c1-3-5-6-7-8-9-10-11-12-14(15)17-13(4-2)16-12/h3-11,15H2,1-2H3. The van der Waals surface area contributed by atoms with Crippen molar-refractivity contribution >= 4 is 16.3 Å². The molecule has 0 radical (unpaired) electrons. The molecule has 0 aliphatic rings. The van der Waals surface area contributed by atoms with E-state index in [1.54, 1.807) is 11.3 Å². The predicted octanol–water partition coefficient (Wildman–Crippen LogP) is 4.58. The third-order valence-electron chi connectivity index (χ3n) is 3.09. The third kappa shape index (κ3) is 5.53. The number of rotatable bonds is 9. The summed E-state index contributed by atoms with van der Waals surface area (Å²) in [5.41, 5.74) is 7.09. The molecule has 2 N–H and O–H groups in total. The van der Waals surface area contributed by atoms with Crippen LogP contribution in [0.25, 0.3) is 0 Å². The average Bonchev–Trinajstić information content (AvgIpc) is 2.69. The molecule has 0 aliphatic heterocycles. The van der Waals surface area contributed by atoms with Gasteiger partial charge in [0.25, 0.3) is 0 Å². The van der Waals surface area contributed by atoms with Gasteiger partial charge >= 0.3 is 0 Å². The topological polar surface area (TPSA) is 38.9 Å². The second-order valence-electron chi connectivity index (χ2n) is 4.64. The summed E-state index contributed by atoms with van der Waals surface area (Å²) < 4.78 is 0. The highest BCUT2D eigenvalue weighted by atomic mass is 32.1. The fourth-order valence-corrected chi connectivity index (χ4v) is 2.81. The maximum Gasteiger partial charge on any atom is 0.109 e. The molecule has 2 nitrogen and oxygen atoms in total. The largest absolute Gasteiger partial charge is 0.389 e. The highest BCUT2D eigenvalue weighted by Gasteiger charge is 2.06. The Morgan fingerprint density at radius 1 is 1.00 bits per heavy atom.